The Morgan fingerprint density at radius 1 is 0.636 bits per heavy atom. The first kappa shape index (κ1) is 26.2. The smallest absolute Gasteiger partial charge is 0.373 e. The van der Waals surface area contributed by atoms with Crippen LogP contribution in [0.5, 0.6) is 11.5 Å². The van der Waals surface area contributed by atoms with Gasteiger partial charge in [0.05, 0.1) is 25.3 Å². The monoisotopic (exact) mass is 458 g/mol. The second-order valence-electron chi connectivity index (χ2n) is 7.11. The van der Waals surface area contributed by atoms with Crippen LogP contribution in [-0.4, -0.2) is 26.2 Å². The summed E-state index contributed by atoms with van der Waals surface area (Å²) < 4.78 is 10.1. The Kier molecular flexibility index (Phi) is 11.8. The van der Waals surface area contributed by atoms with Gasteiger partial charge in [-0.25, -0.2) is 9.59 Å². The zero-order valence-corrected chi connectivity index (χ0v) is 19.0. The van der Waals surface area contributed by atoms with Crippen LogP contribution in [0.1, 0.15) is 65.7 Å². The average Bonchev–Trinajstić information content (AvgIpc) is 2.86. The number of carbonyl (C=O) groups excluding carboxylic acids is 2. The van der Waals surface area contributed by atoms with Crippen molar-refractivity contribution in [3.05, 3.63) is 72.9 Å². The van der Waals surface area contributed by atoms with Crippen LogP contribution in [0, 0.1) is 13.2 Å². The van der Waals surface area contributed by atoms with Crippen LogP contribution in [0.25, 0.3) is 0 Å². The number of rotatable bonds is 15. The summed E-state index contributed by atoms with van der Waals surface area (Å²) in [6, 6.07) is 12.7. The van der Waals surface area contributed by atoms with E-state index in [1.54, 1.807) is 24.3 Å². The minimum absolute atomic E-state index is 0.129. The van der Waals surface area contributed by atoms with E-state index in [2.05, 4.69) is 6.92 Å². The van der Waals surface area contributed by atoms with Crippen LogP contribution in [0.3, 0.4) is 0 Å². The predicted octanol–water partition coefficient (Wildman–Crippen LogP) is 5.64. The first-order chi connectivity index (χ1) is 16.1. The van der Waals surface area contributed by atoms with Crippen molar-refractivity contribution < 1.29 is 38.6 Å². The van der Waals surface area contributed by atoms with Gasteiger partial charge in [-0.05, 0) is 55.0 Å². The van der Waals surface area contributed by atoms with Crippen molar-refractivity contribution in [3.8, 4) is 11.5 Å². The summed E-state index contributed by atoms with van der Waals surface area (Å²) in [6.45, 7) is 3.83. The molecule has 0 bridgehead atoms. The second-order valence-corrected chi connectivity index (χ2v) is 7.11. The summed E-state index contributed by atoms with van der Waals surface area (Å²) in [4.78, 5) is 44.4. The summed E-state index contributed by atoms with van der Waals surface area (Å²) >= 11 is 0. The zero-order valence-electron chi connectivity index (χ0n) is 19.0. The minimum Gasteiger partial charge on any atom is -0.497 e. The summed E-state index contributed by atoms with van der Waals surface area (Å²) in [5, 5.41) is 0. The highest BCUT2D eigenvalue weighted by atomic mass is 17.3. The van der Waals surface area contributed by atoms with Crippen molar-refractivity contribution >= 4 is 11.9 Å². The zero-order chi connectivity index (χ0) is 23.9. The number of hydrogen-bond acceptors (Lipinski definition) is 8. The van der Waals surface area contributed by atoms with Gasteiger partial charge >= 0.3 is 18.2 Å². The normalized spacial score (nSPS) is 10.7. The van der Waals surface area contributed by atoms with E-state index < -0.39 is 11.9 Å². The molecule has 2 radical (unpaired) electrons. The lowest BCUT2D eigenvalue weighted by Gasteiger charge is -2.13. The van der Waals surface area contributed by atoms with Crippen molar-refractivity contribution in [2.24, 2.45) is 0 Å². The van der Waals surface area contributed by atoms with Crippen molar-refractivity contribution in [1.29, 1.82) is 0 Å². The molecule has 2 aromatic rings. The molecule has 0 unspecified atom stereocenters. The van der Waals surface area contributed by atoms with Crippen molar-refractivity contribution in [2.45, 2.75) is 44.9 Å². The quantitative estimate of drug-likeness (QED) is 0.193. The van der Waals surface area contributed by atoms with Gasteiger partial charge in [0.2, 0.25) is 0 Å². The molecule has 0 N–H and O–H groups in total. The Labute approximate surface area is 194 Å². The first-order valence-electron chi connectivity index (χ1n) is 10.8. The molecule has 178 valence electrons. The Morgan fingerprint density at radius 3 is 1.48 bits per heavy atom. The molecule has 2 aromatic carbocycles. The van der Waals surface area contributed by atoms with Crippen LogP contribution in [0.15, 0.2) is 48.5 Å². The summed E-state index contributed by atoms with van der Waals surface area (Å²) in [5.41, 5.74) is 0.525. The Balaban J connectivity index is 1.88. The number of hydrogen-bond donors (Lipinski definition) is 0. The molecule has 2 rings (SSSR count). The van der Waals surface area contributed by atoms with Gasteiger partial charge in [-0.15, -0.1) is 9.78 Å². The van der Waals surface area contributed by atoms with Gasteiger partial charge in [0.25, 0.3) is 0 Å². The summed E-state index contributed by atoms with van der Waals surface area (Å²) in [6.07, 6.45) is 5.86. The third-order valence-corrected chi connectivity index (χ3v) is 4.70. The maximum atomic E-state index is 12.2. The highest BCUT2D eigenvalue weighted by molar-refractivity contribution is 5.89. The molecule has 0 aromatic heterocycles. The van der Waals surface area contributed by atoms with Crippen molar-refractivity contribution in [3.63, 3.8) is 0 Å². The van der Waals surface area contributed by atoms with Crippen molar-refractivity contribution in [2.75, 3.05) is 14.2 Å². The molecule has 0 fully saturated rings. The second kappa shape index (κ2) is 14.9. The van der Waals surface area contributed by atoms with E-state index in [-0.39, 0.29) is 23.8 Å². The predicted molar refractivity (Wildman–Crippen MR) is 120 cm³/mol. The highest BCUT2D eigenvalue weighted by Gasteiger charge is 2.21. The van der Waals surface area contributed by atoms with Gasteiger partial charge in [-0.3, -0.25) is 9.78 Å². The van der Waals surface area contributed by atoms with E-state index in [0.717, 1.165) is 32.1 Å². The van der Waals surface area contributed by atoms with Crippen LogP contribution in [-0.2, 0) is 19.6 Å². The molecule has 0 spiro atoms. The van der Waals surface area contributed by atoms with Gasteiger partial charge in [0.1, 0.15) is 11.5 Å². The van der Waals surface area contributed by atoms with Crippen LogP contribution in [0.4, 0.5) is 0 Å². The molecule has 33 heavy (non-hydrogen) atoms. The first-order valence-corrected chi connectivity index (χ1v) is 10.8. The molecule has 0 amide bonds. The Hall–Kier alpha value is -3.10. The summed E-state index contributed by atoms with van der Waals surface area (Å²) in [7, 11) is 3.06. The van der Waals surface area contributed by atoms with Crippen molar-refractivity contribution in [1.82, 2.24) is 0 Å². The number of ether oxygens (including phenoxy) is 2. The largest absolute Gasteiger partial charge is 0.497 e. The molecule has 8 heteroatoms. The minimum atomic E-state index is -0.726. The maximum absolute atomic E-state index is 12.2. The van der Waals surface area contributed by atoms with Crippen LogP contribution in [0.2, 0.25) is 0 Å². The molecule has 0 aliphatic heterocycles. The van der Waals surface area contributed by atoms with Gasteiger partial charge in [0, 0.05) is 6.42 Å². The number of carbonyl (C=O) groups is 2. The lowest BCUT2D eigenvalue weighted by molar-refractivity contribution is -0.363. The molecule has 0 heterocycles. The van der Waals surface area contributed by atoms with Crippen LogP contribution < -0.4 is 9.47 Å². The van der Waals surface area contributed by atoms with Gasteiger partial charge < -0.3 is 9.47 Å². The SMILES string of the molecule is [CH2]CCCCCCC[C](OOC(=O)c1ccc(OC)cc1)OOC(=O)c1ccc(OC)cc1. The van der Waals surface area contributed by atoms with E-state index in [1.807, 2.05) is 0 Å². The molecular formula is C25H30O8. The third kappa shape index (κ3) is 9.51. The maximum Gasteiger partial charge on any atom is 0.373 e. The fourth-order valence-electron chi connectivity index (χ4n) is 2.79. The van der Waals surface area contributed by atoms with E-state index in [1.165, 1.54) is 38.5 Å². The number of unbranched alkanes of at least 4 members (excludes halogenated alkanes) is 5. The van der Waals surface area contributed by atoms with Gasteiger partial charge in [-0.1, -0.05) is 39.0 Å². The number of methoxy groups -OCH3 is 2. The molecule has 0 atom stereocenters. The summed E-state index contributed by atoms with van der Waals surface area (Å²) in [5.74, 6) is -0.244. The van der Waals surface area contributed by atoms with Gasteiger partial charge in [0.15, 0.2) is 0 Å². The number of benzene rings is 2. The molecule has 8 nitrogen and oxygen atoms in total. The van der Waals surface area contributed by atoms with Crippen LogP contribution >= 0.6 is 0 Å². The van der Waals surface area contributed by atoms with E-state index >= 15 is 0 Å². The Morgan fingerprint density at radius 2 is 1.06 bits per heavy atom. The topological polar surface area (TPSA) is 89.5 Å². The third-order valence-electron chi connectivity index (χ3n) is 4.70. The van der Waals surface area contributed by atoms with E-state index in [9.17, 15) is 9.59 Å². The molecule has 0 saturated heterocycles. The fraction of sp³-hybridized carbons (Fsp3) is 0.360. The molecule has 0 saturated carbocycles. The molecular weight excluding hydrogens is 428 g/mol. The fourth-order valence-corrected chi connectivity index (χ4v) is 2.79. The molecule has 0 aliphatic carbocycles. The van der Waals surface area contributed by atoms with E-state index in [0.29, 0.717) is 17.9 Å². The molecule has 0 aliphatic rings. The Bertz CT molecular complexity index is 769. The van der Waals surface area contributed by atoms with E-state index in [4.69, 9.17) is 29.0 Å². The lowest BCUT2D eigenvalue weighted by Crippen LogP contribution is -2.16. The van der Waals surface area contributed by atoms with Gasteiger partial charge in [-0.2, -0.15) is 0 Å². The average molecular weight is 459 g/mol. The standard InChI is InChI=1S/C25H30O8/c1-4-5-6-7-8-9-10-23(30-32-24(26)19-11-15-21(28-2)16-12-19)31-33-25(27)20-13-17-22(29-3)18-14-20/h11-18H,1,4-10H2,2-3H3. The highest BCUT2D eigenvalue weighted by Crippen LogP contribution is 2.20. The lowest BCUT2D eigenvalue weighted by atomic mass is 10.1.